The molecule has 0 bridgehead atoms. The number of carbonyl (C=O) groups excluding carboxylic acids is 1. The van der Waals surface area contributed by atoms with E-state index in [9.17, 15) is 10.0 Å². The molecule has 0 N–H and O–H groups in total. The van der Waals surface area contributed by atoms with Crippen LogP contribution in [-0.4, -0.2) is 16.0 Å². The maximum absolute atomic E-state index is 11.9. The van der Waals surface area contributed by atoms with Crippen molar-refractivity contribution >= 4 is 5.91 Å². The van der Waals surface area contributed by atoms with Gasteiger partial charge >= 0.3 is 0 Å². The second kappa shape index (κ2) is 5.42. The molecule has 0 saturated carbocycles. The Labute approximate surface area is 105 Å². The predicted molar refractivity (Wildman–Crippen MR) is 68.7 cm³/mol. The maximum atomic E-state index is 11.9. The van der Waals surface area contributed by atoms with Gasteiger partial charge in [-0.05, 0) is 36.8 Å². The van der Waals surface area contributed by atoms with Gasteiger partial charge in [-0.2, -0.15) is 0 Å². The summed E-state index contributed by atoms with van der Waals surface area (Å²) in [6, 6.07) is 10.4. The fourth-order valence-electron chi connectivity index (χ4n) is 1.57. The Balaban J connectivity index is 2.07. The lowest BCUT2D eigenvalue weighted by atomic mass is 10.1. The van der Waals surface area contributed by atoms with Gasteiger partial charge in [-0.1, -0.05) is 17.7 Å². The predicted octanol–water partition coefficient (Wildman–Crippen LogP) is 2.53. The van der Waals surface area contributed by atoms with E-state index in [0.29, 0.717) is 10.6 Å². The Morgan fingerprint density at radius 1 is 1.17 bits per heavy atom. The fraction of sp³-hybridized carbons (Fsp3) is 0.143. The van der Waals surface area contributed by atoms with Crippen LogP contribution in [0.4, 0.5) is 0 Å². The first-order valence-electron chi connectivity index (χ1n) is 5.61. The molecular weight excluding hydrogens is 228 g/mol. The lowest BCUT2D eigenvalue weighted by Gasteiger charge is -2.28. The Bertz CT molecular complexity index is 523. The molecule has 0 aliphatic carbocycles. The van der Waals surface area contributed by atoms with Crippen LogP contribution in [0.15, 0.2) is 48.8 Å². The van der Waals surface area contributed by atoms with Gasteiger partial charge in [0.05, 0.1) is 0 Å². The zero-order chi connectivity index (χ0) is 13.0. The van der Waals surface area contributed by atoms with Gasteiger partial charge in [-0.3, -0.25) is 9.78 Å². The van der Waals surface area contributed by atoms with Crippen LogP contribution in [0.25, 0.3) is 0 Å². The molecule has 1 amide bonds. The molecule has 0 aliphatic heterocycles. The summed E-state index contributed by atoms with van der Waals surface area (Å²) in [5.74, 6) is -0.521. The standard InChI is InChI=1S/C14H13N2O2/c1-11-2-4-13(5-3-11)14(17)16(18)10-12-6-8-15-9-7-12/h2-9H,10H2,1H3/q-1. The summed E-state index contributed by atoms with van der Waals surface area (Å²) in [6.07, 6.45) is 3.19. The molecule has 18 heavy (non-hydrogen) atoms. The molecular formula is C14H13N2O2-. The number of pyridine rings is 1. The van der Waals surface area contributed by atoms with Gasteiger partial charge in [-0.15, -0.1) is 0 Å². The highest BCUT2D eigenvalue weighted by Gasteiger charge is 2.07. The SMILES string of the molecule is Cc1ccc(C(=O)N([O-])Cc2ccncc2)cc1. The zero-order valence-electron chi connectivity index (χ0n) is 10.0. The Morgan fingerprint density at radius 3 is 2.39 bits per heavy atom. The van der Waals surface area contributed by atoms with Crippen molar-refractivity contribution < 1.29 is 4.79 Å². The van der Waals surface area contributed by atoms with Crippen LogP contribution >= 0.6 is 0 Å². The molecule has 0 atom stereocenters. The third-order valence-electron chi connectivity index (χ3n) is 2.60. The van der Waals surface area contributed by atoms with E-state index < -0.39 is 5.91 Å². The van der Waals surface area contributed by atoms with E-state index in [0.717, 1.165) is 11.1 Å². The van der Waals surface area contributed by atoms with Crippen molar-refractivity contribution in [3.05, 3.63) is 70.7 Å². The number of aromatic nitrogens is 1. The lowest BCUT2D eigenvalue weighted by molar-refractivity contribution is 0.0814. The molecule has 92 valence electrons. The van der Waals surface area contributed by atoms with Gasteiger partial charge < -0.3 is 10.3 Å². The number of carbonyl (C=O) groups is 1. The number of hydroxylamine groups is 2. The summed E-state index contributed by atoms with van der Waals surface area (Å²) in [6.45, 7) is 1.97. The van der Waals surface area contributed by atoms with Gasteiger partial charge in [0.15, 0.2) is 0 Å². The van der Waals surface area contributed by atoms with Gasteiger partial charge in [0.1, 0.15) is 0 Å². The fourth-order valence-corrected chi connectivity index (χ4v) is 1.57. The quantitative estimate of drug-likeness (QED) is 0.776. The minimum absolute atomic E-state index is 0.0369. The van der Waals surface area contributed by atoms with Gasteiger partial charge in [0.2, 0.25) is 5.91 Å². The smallest absolute Gasteiger partial charge is 0.243 e. The molecule has 2 aromatic rings. The summed E-state index contributed by atoms with van der Waals surface area (Å²) in [7, 11) is 0. The normalized spacial score (nSPS) is 10.1. The first-order chi connectivity index (χ1) is 8.66. The highest BCUT2D eigenvalue weighted by atomic mass is 16.5. The summed E-state index contributed by atoms with van der Waals surface area (Å²) in [5.41, 5.74) is 2.23. The van der Waals surface area contributed by atoms with Crippen LogP contribution in [0.5, 0.6) is 0 Å². The molecule has 0 aliphatic rings. The minimum atomic E-state index is -0.521. The molecule has 0 spiro atoms. The molecule has 0 saturated heterocycles. The summed E-state index contributed by atoms with van der Waals surface area (Å²) in [5, 5.41) is 12.2. The number of hydrogen-bond acceptors (Lipinski definition) is 3. The van der Waals surface area contributed by atoms with Gasteiger partial charge in [-0.25, -0.2) is 0 Å². The molecule has 1 heterocycles. The highest BCUT2D eigenvalue weighted by Crippen LogP contribution is 2.09. The Hall–Kier alpha value is -2.20. The van der Waals surface area contributed by atoms with Crippen molar-refractivity contribution in [3.63, 3.8) is 0 Å². The van der Waals surface area contributed by atoms with Crippen molar-refractivity contribution in [3.8, 4) is 0 Å². The van der Waals surface area contributed by atoms with Crippen molar-refractivity contribution in [2.45, 2.75) is 13.5 Å². The van der Waals surface area contributed by atoms with Crippen molar-refractivity contribution in [1.29, 1.82) is 0 Å². The van der Waals surface area contributed by atoms with E-state index in [-0.39, 0.29) is 6.54 Å². The van der Waals surface area contributed by atoms with Crippen LogP contribution in [0, 0.1) is 12.1 Å². The van der Waals surface area contributed by atoms with E-state index in [1.54, 1.807) is 36.7 Å². The third kappa shape index (κ3) is 2.93. The van der Waals surface area contributed by atoms with Crippen LogP contribution in [0.2, 0.25) is 0 Å². The van der Waals surface area contributed by atoms with Gasteiger partial charge in [0, 0.05) is 24.5 Å². The zero-order valence-corrected chi connectivity index (χ0v) is 10.0. The molecule has 0 fully saturated rings. The largest absolute Gasteiger partial charge is 0.756 e. The van der Waals surface area contributed by atoms with E-state index in [1.165, 1.54) is 0 Å². The van der Waals surface area contributed by atoms with Gasteiger partial charge in [0.25, 0.3) is 0 Å². The number of rotatable bonds is 3. The van der Waals surface area contributed by atoms with Crippen LogP contribution in [0.1, 0.15) is 21.5 Å². The van der Waals surface area contributed by atoms with Crippen molar-refractivity contribution in [2.24, 2.45) is 0 Å². The highest BCUT2D eigenvalue weighted by molar-refractivity contribution is 5.94. The third-order valence-corrected chi connectivity index (χ3v) is 2.60. The van der Waals surface area contributed by atoms with Crippen LogP contribution in [0.3, 0.4) is 0 Å². The number of hydrogen-bond donors (Lipinski definition) is 0. The summed E-state index contributed by atoms with van der Waals surface area (Å²) >= 11 is 0. The Morgan fingerprint density at radius 2 is 1.78 bits per heavy atom. The second-order valence-corrected chi connectivity index (χ2v) is 4.06. The van der Waals surface area contributed by atoms with E-state index in [2.05, 4.69) is 4.98 Å². The maximum Gasteiger partial charge on any atom is 0.243 e. The lowest BCUT2D eigenvalue weighted by Crippen LogP contribution is -2.24. The average Bonchev–Trinajstić information content (AvgIpc) is 2.40. The first kappa shape index (κ1) is 12.3. The van der Waals surface area contributed by atoms with E-state index >= 15 is 0 Å². The molecule has 0 unspecified atom stereocenters. The molecule has 4 nitrogen and oxygen atoms in total. The second-order valence-electron chi connectivity index (χ2n) is 4.06. The van der Waals surface area contributed by atoms with Crippen molar-refractivity contribution in [1.82, 2.24) is 10.0 Å². The first-order valence-corrected chi connectivity index (χ1v) is 5.61. The average molecular weight is 241 g/mol. The number of benzene rings is 1. The molecule has 1 aromatic heterocycles. The van der Waals surface area contributed by atoms with Crippen molar-refractivity contribution in [2.75, 3.05) is 0 Å². The molecule has 1 aromatic carbocycles. The number of nitrogens with zero attached hydrogens (tertiary/aromatic N) is 2. The van der Waals surface area contributed by atoms with E-state index in [4.69, 9.17) is 0 Å². The summed E-state index contributed by atoms with van der Waals surface area (Å²) in [4.78, 5) is 15.7. The topological polar surface area (TPSA) is 56.3 Å². The summed E-state index contributed by atoms with van der Waals surface area (Å²) < 4.78 is 0. The van der Waals surface area contributed by atoms with E-state index in [1.807, 2.05) is 19.1 Å². The van der Waals surface area contributed by atoms with Crippen LogP contribution < -0.4 is 0 Å². The Kier molecular flexibility index (Phi) is 3.69. The monoisotopic (exact) mass is 241 g/mol. The number of amides is 1. The molecule has 4 heteroatoms. The molecule has 0 radical (unpaired) electrons. The minimum Gasteiger partial charge on any atom is -0.756 e. The number of aryl methyl sites for hydroxylation is 1. The van der Waals surface area contributed by atoms with Crippen LogP contribution in [-0.2, 0) is 6.54 Å². The molecule has 2 rings (SSSR count).